The highest BCUT2D eigenvalue weighted by Crippen LogP contribution is 2.57. The Hall–Kier alpha value is -10.4. The first-order valence-electron chi connectivity index (χ1n) is 34.8. The predicted molar refractivity (Wildman–Crippen MR) is 419 cm³/mol. The van der Waals surface area contributed by atoms with Crippen molar-refractivity contribution in [2.24, 2.45) is 10.8 Å². The molecule has 0 saturated heterocycles. The Morgan fingerprint density at radius 1 is 0.495 bits per heavy atom. The van der Waals surface area contributed by atoms with Crippen LogP contribution >= 0.6 is 0 Å². The van der Waals surface area contributed by atoms with Gasteiger partial charge in [-0.3, -0.25) is 40.2 Å². The normalized spacial score (nSPS) is 11.7. The van der Waals surface area contributed by atoms with E-state index in [2.05, 4.69) is 141 Å². The van der Waals surface area contributed by atoms with Crippen LogP contribution in [0.1, 0.15) is 268 Å². The van der Waals surface area contributed by atoms with Crippen LogP contribution < -0.4 is 0 Å². The van der Waals surface area contributed by atoms with E-state index in [0.717, 1.165) is 41.7 Å². The first-order valence-corrected chi connectivity index (χ1v) is 34.8. The van der Waals surface area contributed by atoms with E-state index in [9.17, 15) is 42.2 Å². The van der Waals surface area contributed by atoms with E-state index in [1.807, 2.05) is 90.2 Å². The molecule has 8 aromatic rings. The average Bonchev–Trinajstić information content (AvgIpc) is 1.62. The van der Waals surface area contributed by atoms with Gasteiger partial charge in [-0.1, -0.05) is 208 Å². The maximum absolute atomic E-state index is 13.3. The minimum Gasteiger partial charge on any atom is -0.264 e. The fraction of sp³-hybridized carbons (Fsp3) is 0.391. The zero-order chi connectivity index (χ0) is 80.5. The maximum Gasteiger partial charge on any atom is 0.305 e. The largest absolute Gasteiger partial charge is 0.305 e. The van der Waals surface area contributed by atoms with E-state index in [1.54, 1.807) is 82.6 Å². The number of non-ortho nitro benzene ring substituents is 1. The van der Waals surface area contributed by atoms with Crippen LogP contribution in [0.5, 0.6) is 0 Å². The monoisotopic (exact) mass is 1440 g/mol. The lowest BCUT2D eigenvalue weighted by molar-refractivity contribution is -0.387. The number of aromatic nitrogens is 4. The number of halogens is 5. The zero-order valence-corrected chi connectivity index (χ0v) is 65.6. The third-order valence-electron chi connectivity index (χ3n) is 16.4. The molecule has 0 aliphatic heterocycles. The van der Waals surface area contributed by atoms with E-state index in [1.165, 1.54) is 65.9 Å². The first kappa shape index (κ1) is 92.6. The Labute approximate surface area is 622 Å². The zero-order valence-electron chi connectivity index (χ0n) is 65.6. The van der Waals surface area contributed by atoms with Crippen molar-refractivity contribution >= 4 is 29.6 Å². The topological polar surface area (TPSA) is 209 Å². The van der Waals surface area contributed by atoms with Gasteiger partial charge < -0.3 is 0 Å². The van der Waals surface area contributed by atoms with Gasteiger partial charge in [-0.05, 0) is 177 Å². The fourth-order valence-electron chi connectivity index (χ4n) is 9.54. The van der Waals surface area contributed by atoms with Crippen LogP contribution in [0.2, 0.25) is 0 Å². The molecule has 1 aliphatic carbocycles. The molecular formula is C87H108F5N9O4. The van der Waals surface area contributed by atoms with Gasteiger partial charge in [0.05, 0.1) is 55.6 Å². The smallest absolute Gasteiger partial charge is 0.264 e. The van der Waals surface area contributed by atoms with Gasteiger partial charge in [0.1, 0.15) is 29.3 Å². The van der Waals surface area contributed by atoms with E-state index in [4.69, 9.17) is 15.8 Å². The number of pyridine rings is 4. The van der Waals surface area contributed by atoms with Crippen molar-refractivity contribution in [2.75, 3.05) is 0 Å². The van der Waals surface area contributed by atoms with Gasteiger partial charge in [-0.25, -0.2) is 17.6 Å². The highest BCUT2D eigenvalue weighted by molar-refractivity contribution is 5.49. The van der Waals surface area contributed by atoms with Gasteiger partial charge in [0.25, 0.3) is 5.69 Å². The van der Waals surface area contributed by atoms with Gasteiger partial charge >= 0.3 is 5.69 Å². The van der Waals surface area contributed by atoms with E-state index < -0.39 is 21.4 Å². The Morgan fingerprint density at radius 3 is 1.42 bits per heavy atom. The lowest BCUT2D eigenvalue weighted by Crippen LogP contribution is -2.19. The third kappa shape index (κ3) is 31.2. The molecule has 1 fully saturated rings. The molecular weight excluding hydrogens is 1330 g/mol. The summed E-state index contributed by atoms with van der Waals surface area (Å²) in [6, 6.07) is 38.9. The highest BCUT2D eigenvalue weighted by Gasteiger charge is 2.52. The summed E-state index contributed by atoms with van der Waals surface area (Å²) in [6.45, 7) is 55.8. The molecule has 13 nitrogen and oxygen atoms in total. The molecule has 18 heteroatoms. The molecule has 1 aliphatic rings. The summed E-state index contributed by atoms with van der Waals surface area (Å²) in [5.41, 5.74) is 10.0. The molecule has 0 atom stereocenters. The summed E-state index contributed by atoms with van der Waals surface area (Å²) < 4.78 is 65.5. The van der Waals surface area contributed by atoms with Gasteiger partial charge in [0.15, 0.2) is 0 Å². The second-order valence-electron chi connectivity index (χ2n) is 30.4. The lowest BCUT2D eigenvalue weighted by atomic mass is 9.79. The van der Waals surface area contributed by atoms with Crippen LogP contribution in [0.15, 0.2) is 166 Å². The molecule has 1 saturated carbocycles. The van der Waals surface area contributed by atoms with Crippen molar-refractivity contribution in [3.05, 3.63) is 288 Å². The van der Waals surface area contributed by atoms with Gasteiger partial charge in [0.2, 0.25) is 5.82 Å². The van der Waals surface area contributed by atoms with E-state index >= 15 is 0 Å². The minimum atomic E-state index is -0.720. The SMILES string of the molecule is C=Cc1cc(C(C)(C)C)ccn1.C=Cc1cccc(C(C)(C)C)n1.C=Cc1ncccc1C(C)(C)C.CC(C)(C)C1(C#N)CC1.CC(C)c1cc(C#N)ccc1F.CC(C)c1cc([N+](=O)[O-])ccc1F.CC(C)c1cccc(C#N)c1F.CC(C)c1cccc([N+](=O)[O-])c1F.CC(C)c1cnccc1F. The Balaban J connectivity index is 0.000000592. The summed E-state index contributed by atoms with van der Waals surface area (Å²) >= 11 is 0. The van der Waals surface area contributed by atoms with Crippen molar-refractivity contribution < 1.29 is 31.8 Å². The molecule has 9 rings (SSSR count). The van der Waals surface area contributed by atoms with Crippen molar-refractivity contribution in [1.82, 2.24) is 19.9 Å². The van der Waals surface area contributed by atoms with Crippen molar-refractivity contribution in [3.8, 4) is 18.2 Å². The molecule has 0 bridgehead atoms. The number of hydrogen-bond donors (Lipinski definition) is 0. The van der Waals surface area contributed by atoms with E-state index in [-0.39, 0.29) is 91.2 Å². The summed E-state index contributed by atoms with van der Waals surface area (Å²) in [5.74, 6) is -1.50. The van der Waals surface area contributed by atoms with Crippen molar-refractivity contribution in [2.45, 2.75) is 211 Å². The average molecular weight is 1440 g/mol. The summed E-state index contributed by atoms with van der Waals surface area (Å²) in [4.78, 5) is 36.2. The van der Waals surface area contributed by atoms with Crippen LogP contribution in [-0.2, 0) is 16.2 Å². The molecule has 4 heterocycles. The predicted octanol–water partition coefficient (Wildman–Crippen LogP) is 25.1. The number of nitrogens with zero attached hydrogens (tertiary/aromatic N) is 9. The van der Waals surface area contributed by atoms with Gasteiger partial charge in [-0.15, -0.1) is 0 Å². The minimum absolute atomic E-state index is 0.0347. The van der Waals surface area contributed by atoms with Crippen molar-refractivity contribution in [1.29, 1.82) is 15.8 Å². The van der Waals surface area contributed by atoms with Crippen LogP contribution in [0.25, 0.3) is 18.2 Å². The second kappa shape index (κ2) is 43.0. The Kier molecular flexibility index (Phi) is 38.0. The number of nitro groups is 2. The molecule has 0 radical (unpaired) electrons. The highest BCUT2D eigenvalue weighted by atomic mass is 19.1. The number of hydrogen-bond acceptors (Lipinski definition) is 11. The quantitative estimate of drug-likeness (QED) is 0.0714. The number of benzene rings is 4. The number of nitro benzene ring substituents is 2. The van der Waals surface area contributed by atoms with Crippen molar-refractivity contribution in [3.63, 3.8) is 0 Å². The van der Waals surface area contributed by atoms with Crippen LogP contribution in [0.4, 0.5) is 33.3 Å². The first-order chi connectivity index (χ1) is 48.7. The lowest BCUT2D eigenvalue weighted by Gasteiger charge is -2.23. The molecule has 4 aromatic carbocycles. The Bertz CT molecular complexity index is 4190. The van der Waals surface area contributed by atoms with E-state index in [0.29, 0.717) is 33.4 Å². The third-order valence-corrected chi connectivity index (χ3v) is 16.4. The number of nitriles is 3. The molecule has 0 N–H and O–H groups in total. The fourth-order valence-corrected chi connectivity index (χ4v) is 9.54. The van der Waals surface area contributed by atoms with Crippen LogP contribution in [0.3, 0.4) is 0 Å². The summed E-state index contributed by atoms with van der Waals surface area (Å²) in [5, 5.41) is 46.6. The maximum atomic E-state index is 13.3. The molecule has 0 amide bonds. The van der Waals surface area contributed by atoms with Gasteiger partial charge in [-0.2, -0.15) is 20.2 Å². The van der Waals surface area contributed by atoms with Crippen LogP contribution in [-0.4, -0.2) is 29.8 Å². The molecule has 0 spiro atoms. The molecule has 105 heavy (non-hydrogen) atoms. The second-order valence-corrected chi connectivity index (χ2v) is 30.4. The molecule has 4 aromatic heterocycles. The van der Waals surface area contributed by atoms with Gasteiger partial charge in [0, 0.05) is 59.7 Å². The number of rotatable bonds is 10. The molecule has 0 unspecified atom stereocenters. The molecule has 560 valence electrons. The summed E-state index contributed by atoms with van der Waals surface area (Å²) in [6.07, 6.45) is 14.2. The summed E-state index contributed by atoms with van der Waals surface area (Å²) in [7, 11) is 0. The Morgan fingerprint density at radius 2 is 1.01 bits per heavy atom. The van der Waals surface area contributed by atoms with Crippen LogP contribution in [0, 0.1) is 94.1 Å². The standard InChI is InChI=1S/3C11H15N.2C10H10FN.2C9H10FNO2.C8H10FN.C8H13N/c1-5-10-8-9(6-7-12-10)11(2,3)4;1-5-10-9(11(2,3)4)7-6-8-12-10;1-5-9-7-6-8-10(12-9)11(2,3)4;1-7(2)9-5-8(6-12)3-4-10(9)11;1-7(2)9-5-3-4-8(6-12)10(9)11;1-6(2)8-5-7(11(12)13)3-4-9(8)10;1-6(2)7-4-3-5-8(9(7)10)11(12)13;1-6(2)7-5-10-4-3-8(7)9;1-7(2,3)8(6-9)4-5-8/h3*5-8H,1H2,2-4H3;2*3-5,7H,1-2H3;2*3-6H,1-2H3;3-6H,1-2H3;4-5H2,1-3H3.